The molecule has 0 radical (unpaired) electrons. The van der Waals surface area contributed by atoms with Gasteiger partial charge in [-0.2, -0.15) is 0 Å². The van der Waals surface area contributed by atoms with Gasteiger partial charge in [0, 0.05) is 17.3 Å². The molecule has 0 fully saturated rings. The van der Waals surface area contributed by atoms with Crippen molar-refractivity contribution in [2.24, 2.45) is 0 Å². The van der Waals surface area contributed by atoms with Crippen molar-refractivity contribution in [1.82, 2.24) is 5.32 Å². The SMILES string of the molecule is Cc1ccc(NC(=O)NCCC(=O)OC(C)C)cc1Cl. The Bertz CT molecular complexity index is 489. The fraction of sp³-hybridized carbons (Fsp3) is 0.429. The summed E-state index contributed by atoms with van der Waals surface area (Å²) in [5, 5.41) is 5.80. The van der Waals surface area contributed by atoms with E-state index < -0.39 is 0 Å². The number of hydrogen-bond acceptors (Lipinski definition) is 3. The number of hydrogen-bond donors (Lipinski definition) is 2. The van der Waals surface area contributed by atoms with Gasteiger partial charge in [-0.25, -0.2) is 4.79 Å². The van der Waals surface area contributed by atoms with Gasteiger partial charge in [0.25, 0.3) is 0 Å². The second-order valence-electron chi connectivity index (χ2n) is 4.63. The lowest BCUT2D eigenvalue weighted by Gasteiger charge is -2.10. The van der Waals surface area contributed by atoms with E-state index in [0.29, 0.717) is 10.7 Å². The fourth-order valence-corrected chi connectivity index (χ4v) is 1.63. The minimum atomic E-state index is -0.387. The average Bonchev–Trinajstić information content (AvgIpc) is 2.33. The number of carbonyl (C=O) groups excluding carboxylic acids is 2. The van der Waals surface area contributed by atoms with Crippen molar-refractivity contribution in [3.63, 3.8) is 0 Å². The second-order valence-corrected chi connectivity index (χ2v) is 5.04. The summed E-state index contributed by atoms with van der Waals surface area (Å²) in [6.45, 7) is 5.65. The molecule has 20 heavy (non-hydrogen) atoms. The second kappa shape index (κ2) is 7.75. The third kappa shape index (κ3) is 5.93. The molecule has 0 aliphatic heterocycles. The standard InChI is InChI=1S/C14H19ClN2O3/c1-9(2)20-13(18)6-7-16-14(19)17-11-5-4-10(3)12(15)8-11/h4-5,8-9H,6-7H2,1-3H3,(H2,16,17,19). The van der Waals surface area contributed by atoms with Crippen LogP contribution in [0.1, 0.15) is 25.8 Å². The Kier molecular flexibility index (Phi) is 6.31. The third-order valence-corrected chi connectivity index (χ3v) is 2.82. The molecule has 1 aromatic carbocycles. The van der Waals surface area contributed by atoms with E-state index in [2.05, 4.69) is 10.6 Å². The van der Waals surface area contributed by atoms with Gasteiger partial charge in [-0.3, -0.25) is 4.79 Å². The number of rotatable bonds is 5. The van der Waals surface area contributed by atoms with Crippen LogP contribution in [-0.2, 0) is 9.53 Å². The molecule has 0 bridgehead atoms. The first-order valence-corrected chi connectivity index (χ1v) is 6.76. The van der Waals surface area contributed by atoms with Crippen LogP contribution in [0.4, 0.5) is 10.5 Å². The van der Waals surface area contributed by atoms with E-state index in [-0.39, 0.29) is 31.1 Å². The van der Waals surface area contributed by atoms with Crippen molar-refractivity contribution >= 4 is 29.3 Å². The van der Waals surface area contributed by atoms with E-state index in [9.17, 15) is 9.59 Å². The van der Waals surface area contributed by atoms with Crippen LogP contribution >= 0.6 is 11.6 Å². The van der Waals surface area contributed by atoms with E-state index in [4.69, 9.17) is 16.3 Å². The molecule has 0 heterocycles. The van der Waals surface area contributed by atoms with Crippen LogP contribution in [0, 0.1) is 6.92 Å². The van der Waals surface area contributed by atoms with Crippen LogP contribution < -0.4 is 10.6 Å². The summed E-state index contributed by atoms with van der Waals surface area (Å²) >= 11 is 5.96. The van der Waals surface area contributed by atoms with Gasteiger partial charge >= 0.3 is 12.0 Å². The summed E-state index contributed by atoms with van der Waals surface area (Å²) in [6.07, 6.45) is -0.00806. The van der Waals surface area contributed by atoms with Crippen molar-refractivity contribution in [3.8, 4) is 0 Å². The number of halogens is 1. The molecular formula is C14H19ClN2O3. The lowest BCUT2D eigenvalue weighted by molar-refractivity contribution is -0.147. The molecular weight excluding hydrogens is 280 g/mol. The van der Waals surface area contributed by atoms with Gasteiger partial charge in [-0.1, -0.05) is 17.7 Å². The highest BCUT2D eigenvalue weighted by Crippen LogP contribution is 2.19. The summed E-state index contributed by atoms with van der Waals surface area (Å²) in [6, 6.07) is 4.86. The molecule has 2 amide bonds. The van der Waals surface area contributed by atoms with E-state index in [1.165, 1.54) is 0 Å². The van der Waals surface area contributed by atoms with E-state index in [1.807, 2.05) is 13.0 Å². The molecule has 0 spiro atoms. The number of anilines is 1. The minimum absolute atomic E-state index is 0.139. The highest BCUT2D eigenvalue weighted by molar-refractivity contribution is 6.31. The molecule has 6 heteroatoms. The van der Waals surface area contributed by atoms with Gasteiger partial charge in [0.1, 0.15) is 0 Å². The quantitative estimate of drug-likeness (QED) is 0.821. The lowest BCUT2D eigenvalue weighted by Crippen LogP contribution is -2.31. The average molecular weight is 299 g/mol. The Balaban J connectivity index is 2.33. The van der Waals surface area contributed by atoms with Gasteiger partial charge < -0.3 is 15.4 Å². The summed E-state index contributed by atoms with van der Waals surface area (Å²) in [7, 11) is 0. The Hall–Kier alpha value is -1.75. The van der Waals surface area contributed by atoms with Crippen LogP contribution in [0.3, 0.4) is 0 Å². The van der Waals surface area contributed by atoms with Crippen LogP contribution in [0.5, 0.6) is 0 Å². The molecule has 0 unspecified atom stereocenters. The minimum Gasteiger partial charge on any atom is -0.463 e. The molecule has 0 saturated carbocycles. The van der Waals surface area contributed by atoms with Crippen LogP contribution in [0.25, 0.3) is 0 Å². The molecule has 1 aromatic rings. The number of urea groups is 1. The van der Waals surface area contributed by atoms with E-state index in [0.717, 1.165) is 5.56 Å². The van der Waals surface area contributed by atoms with Crippen molar-refractivity contribution in [3.05, 3.63) is 28.8 Å². The van der Waals surface area contributed by atoms with Gasteiger partial charge in [0.15, 0.2) is 0 Å². The fourth-order valence-electron chi connectivity index (χ4n) is 1.45. The zero-order valence-corrected chi connectivity index (χ0v) is 12.6. The van der Waals surface area contributed by atoms with E-state index in [1.54, 1.807) is 26.0 Å². The highest BCUT2D eigenvalue weighted by atomic mass is 35.5. The smallest absolute Gasteiger partial charge is 0.319 e. The molecule has 1 rings (SSSR count). The predicted molar refractivity (Wildman–Crippen MR) is 79.1 cm³/mol. The Morgan fingerprint density at radius 3 is 2.65 bits per heavy atom. The number of benzene rings is 1. The molecule has 2 N–H and O–H groups in total. The lowest BCUT2D eigenvalue weighted by atomic mass is 10.2. The van der Waals surface area contributed by atoms with Crippen LogP contribution in [-0.4, -0.2) is 24.6 Å². The van der Waals surface area contributed by atoms with E-state index >= 15 is 0 Å². The maximum absolute atomic E-state index is 11.6. The predicted octanol–water partition coefficient (Wildman–Crippen LogP) is 3.11. The first-order valence-electron chi connectivity index (χ1n) is 6.39. The van der Waals surface area contributed by atoms with Gasteiger partial charge in [-0.05, 0) is 38.5 Å². The first kappa shape index (κ1) is 16.3. The first-order chi connectivity index (χ1) is 9.38. The molecule has 5 nitrogen and oxygen atoms in total. The number of carbonyl (C=O) groups is 2. The zero-order chi connectivity index (χ0) is 15.1. The number of ether oxygens (including phenoxy) is 1. The molecule has 0 aromatic heterocycles. The maximum Gasteiger partial charge on any atom is 0.319 e. The van der Waals surface area contributed by atoms with Gasteiger partial charge in [-0.15, -0.1) is 0 Å². The number of amides is 2. The molecule has 110 valence electrons. The molecule has 0 aliphatic carbocycles. The van der Waals surface area contributed by atoms with Gasteiger partial charge in [0.2, 0.25) is 0 Å². The Morgan fingerprint density at radius 1 is 1.35 bits per heavy atom. The largest absolute Gasteiger partial charge is 0.463 e. The zero-order valence-electron chi connectivity index (χ0n) is 11.8. The Morgan fingerprint density at radius 2 is 2.05 bits per heavy atom. The molecule has 0 saturated heterocycles. The van der Waals surface area contributed by atoms with Crippen molar-refractivity contribution in [2.75, 3.05) is 11.9 Å². The summed E-state index contributed by atoms with van der Waals surface area (Å²) in [5.41, 5.74) is 1.54. The maximum atomic E-state index is 11.6. The third-order valence-electron chi connectivity index (χ3n) is 2.41. The van der Waals surface area contributed by atoms with Crippen molar-refractivity contribution < 1.29 is 14.3 Å². The van der Waals surface area contributed by atoms with Crippen LogP contribution in [0.2, 0.25) is 5.02 Å². The summed E-state index contributed by atoms with van der Waals surface area (Å²) < 4.78 is 4.95. The van der Waals surface area contributed by atoms with Crippen molar-refractivity contribution in [1.29, 1.82) is 0 Å². The molecule has 0 atom stereocenters. The van der Waals surface area contributed by atoms with Crippen LogP contribution in [0.15, 0.2) is 18.2 Å². The highest BCUT2D eigenvalue weighted by Gasteiger charge is 2.07. The summed E-state index contributed by atoms with van der Waals surface area (Å²) in [5.74, 6) is -0.335. The number of aryl methyl sites for hydroxylation is 1. The topological polar surface area (TPSA) is 67.4 Å². The van der Waals surface area contributed by atoms with Crippen molar-refractivity contribution in [2.45, 2.75) is 33.3 Å². The molecule has 0 aliphatic rings. The Labute approximate surface area is 123 Å². The monoisotopic (exact) mass is 298 g/mol. The number of esters is 1. The van der Waals surface area contributed by atoms with Gasteiger partial charge in [0.05, 0.1) is 12.5 Å². The normalized spacial score (nSPS) is 10.2. The number of nitrogens with one attached hydrogen (secondary N) is 2. The summed E-state index contributed by atoms with van der Waals surface area (Å²) in [4.78, 5) is 22.9.